The van der Waals surface area contributed by atoms with E-state index < -0.39 is 12.3 Å². The van der Waals surface area contributed by atoms with Gasteiger partial charge in [0.25, 0.3) is 0 Å². The number of rotatable bonds is 5. The zero-order valence-electron chi connectivity index (χ0n) is 18.8. The van der Waals surface area contributed by atoms with Crippen molar-refractivity contribution in [1.82, 2.24) is 24.7 Å². The van der Waals surface area contributed by atoms with E-state index in [0.717, 1.165) is 29.7 Å². The molecule has 0 aliphatic carbocycles. The Morgan fingerprint density at radius 3 is 2.64 bits per heavy atom. The number of β-amino-alcohol motifs (C(OH)–C–C–N with tert-alkyl or cyclic N) is 1. The van der Waals surface area contributed by atoms with Gasteiger partial charge in [-0.2, -0.15) is 10.1 Å². The Morgan fingerprint density at radius 1 is 1.09 bits per heavy atom. The van der Waals surface area contributed by atoms with Crippen LogP contribution in [0.25, 0.3) is 10.9 Å². The third-order valence-corrected chi connectivity index (χ3v) is 6.21. The van der Waals surface area contributed by atoms with Gasteiger partial charge in [-0.15, -0.1) is 0 Å². The molecular formula is C22H29FN8O2. The van der Waals surface area contributed by atoms with Gasteiger partial charge in [0.2, 0.25) is 5.95 Å². The van der Waals surface area contributed by atoms with Crippen molar-refractivity contribution in [2.75, 3.05) is 41.3 Å². The zero-order valence-corrected chi connectivity index (χ0v) is 18.8. The van der Waals surface area contributed by atoms with Crippen molar-refractivity contribution < 1.29 is 14.6 Å². The lowest BCUT2D eigenvalue weighted by molar-refractivity contribution is 0.0612. The van der Waals surface area contributed by atoms with Crippen molar-refractivity contribution in [3.05, 3.63) is 24.5 Å². The minimum Gasteiger partial charge on any atom is -0.391 e. The van der Waals surface area contributed by atoms with Crippen molar-refractivity contribution in [2.45, 2.75) is 51.1 Å². The van der Waals surface area contributed by atoms with E-state index >= 15 is 0 Å². The molecule has 2 fully saturated rings. The van der Waals surface area contributed by atoms with E-state index in [1.54, 1.807) is 23.4 Å². The maximum Gasteiger partial charge on any atom is 0.227 e. The second kappa shape index (κ2) is 8.71. The predicted octanol–water partition coefficient (Wildman–Crippen LogP) is 2.03. The lowest BCUT2D eigenvalue weighted by Crippen LogP contribution is -2.45. The molecule has 11 heteroatoms. The van der Waals surface area contributed by atoms with E-state index in [0.29, 0.717) is 37.1 Å². The normalized spacial score (nSPS) is 23.6. The van der Waals surface area contributed by atoms with Gasteiger partial charge in [0.15, 0.2) is 5.82 Å². The summed E-state index contributed by atoms with van der Waals surface area (Å²) in [5.41, 5.74) is 0.943. The van der Waals surface area contributed by atoms with Gasteiger partial charge in [-0.05, 0) is 32.8 Å². The smallest absolute Gasteiger partial charge is 0.227 e. The van der Waals surface area contributed by atoms with Crippen molar-refractivity contribution >= 4 is 34.3 Å². The Hall–Kier alpha value is -3.05. The van der Waals surface area contributed by atoms with Crippen LogP contribution in [-0.4, -0.2) is 79.5 Å². The van der Waals surface area contributed by atoms with E-state index in [1.165, 1.54) is 0 Å². The first-order chi connectivity index (χ1) is 15.9. The third kappa shape index (κ3) is 4.30. The van der Waals surface area contributed by atoms with Gasteiger partial charge in [0.05, 0.1) is 29.7 Å². The third-order valence-electron chi connectivity index (χ3n) is 6.21. The summed E-state index contributed by atoms with van der Waals surface area (Å²) in [6, 6.07) is 3.82. The van der Waals surface area contributed by atoms with Crippen LogP contribution in [0.5, 0.6) is 0 Å². The Balaban J connectivity index is 1.41. The topological polar surface area (TPSA) is 115 Å². The van der Waals surface area contributed by atoms with Gasteiger partial charge in [0, 0.05) is 44.1 Å². The van der Waals surface area contributed by atoms with Gasteiger partial charge >= 0.3 is 0 Å². The molecule has 176 valence electrons. The number of nitrogens with one attached hydrogen (secondary N) is 1. The quantitative estimate of drug-likeness (QED) is 0.530. The zero-order chi connectivity index (χ0) is 23.1. The number of fused-ring (bicyclic) bond motifs is 1. The highest BCUT2D eigenvalue weighted by Crippen LogP contribution is 2.32. The second-order valence-electron chi connectivity index (χ2n) is 9.02. The number of hydrogen-bond donors (Lipinski definition) is 3. The summed E-state index contributed by atoms with van der Waals surface area (Å²) in [7, 11) is 0. The number of piperidine rings is 1. The van der Waals surface area contributed by atoms with Crippen LogP contribution >= 0.6 is 0 Å². The van der Waals surface area contributed by atoms with Gasteiger partial charge < -0.3 is 25.3 Å². The summed E-state index contributed by atoms with van der Waals surface area (Å²) < 4.78 is 15.9. The molecule has 5 heterocycles. The summed E-state index contributed by atoms with van der Waals surface area (Å²) >= 11 is 0. The number of halogens is 1. The van der Waals surface area contributed by atoms with Crippen LogP contribution in [-0.2, 0) is 0 Å². The minimum absolute atomic E-state index is 0.0658. The van der Waals surface area contributed by atoms with Crippen LogP contribution in [0, 0.1) is 0 Å². The maximum absolute atomic E-state index is 13.9. The van der Waals surface area contributed by atoms with Crippen LogP contribution in [0.3, 0.4) is 0 Å². The number of aromatic nitrogens is 5. The summed E-state index contributed by atoms with van der Waals surface area (Å²) in [5, 5.41) is 28.6. The van der Waals surface area contributed by atoms with Gasteiger partial charge in [-0.3, -0.25) is 4.68 Å². The highest BCUT2D eigenvalue weighted by molar-refractivity contribution is 5.92. The highest BCUT2D eigenvalue weighted by Gasteiger charge is 2.29. The molecule has 5 rings (SSSR count). The Morgan fingerprint density at radius 2 is 1.91 bits per heavy atom. The number of aliphatic hydroxyl groups is 2. The first-order valence-electron chi connectivity index (χ1n) is 11.4. The average Bonchev–Trinajstić information content (AvgIpc) is 3.39. The molecule has 3 N–H and O–H groups in total. The molecule has 3 aromatic rings. The molecule has 0 saturated carbocycles. The number of alkyl halides is 1. The molecule has 10 nitrogen and oxygen atoms in total. The van der Waals surface area contributed by atoms with Crippen LogP contribution < -0.4 is 15.1 Å². The van der Waals surface area contributed by atoms with Gasteiger partial charge in [-0.1, -0.05) is 0 Å². The fraction of sp³-hybridized carbons (Fsp3) is 0.545. The molecule has 2 saturated heterocycles. The molecule has 2 aliphatic heterocycles. The van der Waals surface area contributed by atoms with E-state index in [4.69, 9.17) is 5.10 Å². The number of nitrogens with zero attached hydrogens (tertiary/aromatic N) is 7. The molecule has 33 heavy (non-hydrogen) atoms. The molecule has 0 amide bonds. The molecule has 0 bridgehead atoms. The first kappa shape index (κ1) is 21.8. The molecule has 0 radical (unpaired) electrons. The monoisotopic (exact) mass is 456 g/mol. The van der Waals surface area contributed by atoms with Crippen molar-refractivity contribution in [1.29, 1.82) is 0 Å². The Labute approximate surface area is 191 Å². The number of hydrogen-bond acceptors (Lipinski definition) is 9. The minimum atomic E-state index is -1.31. The molecule has 3 aromatic heterocycles. The van der Waals surface area contributed by atoms with Crippen molar-refractivity contribution in [3.8, 4) is 0 Å². The van der Waals surface area contributed by atoms with Crippen LogP contribution in [0.4, 0.5) is 27.8 Å². The summed E-state index contributed by atoms with van der Waals surface area (Å²) in [5.74, 6) is 2.41. The largest absolute Gasteiger partial charge is 0.391 e. The van der Waals surface area contributed by atoms with E-state index in [9.17, 15) is 14.6 Å². The summed E-state index contributed by atoms with van der Waals surface area (Å²) in [6.07, 6.45) is 1.92. The number of aliphatic hydroxyl groups excluding tert-OH is 2. The van der Waals surface area contributed by atoms with Crippen LogP contribution in [0.2, 0.25) is 0 Å². The number of anilines is 4. The van der Waals surface area contributed by atoms with E-state index in [-0.39, 0.29) is 18.7 Å². The fourth-order valence-corrected chi connectivity index (χ4v) is 4.42. The standard InChI is InChI=1S/C22H29FN8O2/c1-13(2)31-17-9-20(25-10-15(17)21(28-31)29-7-4-14(32)11-29)26-19-3-6-24-22(27-19)30-8-5-18(33)16(23)12-30/h3,6,9-10,13-14,16,18,32-33H,4-5,7-8,11-12H2,1-2H3,(H,24,25,26,27)/t14-,16-,18+/m0/s1. The van der Waals surface area contributed by atoms with Crippen molar-refractivity contribution in [3.63, 3.8) is 0 Å². The Kier molecular flexibility index (Phi) is 5.75. The molecular weight excluding hydrogens is 427 g/mol. The lowest BCUT2D eigenvalue weighted by atomic mass is 10.1. The molecule has 0 spiro atoms. The second-order valence-corrected chi connectivity index (χ2v) is 9.02. The predicted molar refractivity (Wildman–Crippen MR) is 124 cm³/mol. The van der Waals surface area contributed by atoms with Gasteiger partial charge in [-0.25, -0.2) is 14.4 Å². The fourth-order valence-electron chi connectivity index (χ4n) is 4.42. The molecule has 0 unspecified atom stereocenters. The molecule has 3 atom stereocenters. The van der Waals surface area contributed by atoms with E-state index in [2.05, 4.69) is 39.0 Å². The van der Waals surface area contributed by atoms with Crippen LogP contribution in [0.15, 0.2) is 24.5 Å². The van der Waals surface area contributed by atoms with Gasteiger partial charge in [0.1, 0.15) is 17.8 Å². The van der Waals surface area contributed by atoms with Crippen LogP contribution in [0.1, 0.15) is 32.7 Å². The van der Waals surface area contributed by atoms with Crippen molar-refractivity contribution in [2.24, 2.45) is 0 Å². The Bertz CT molecular complexity index is 1140. The maximum atomic E-state index is 13.9. The molecule has 0 aromatic carbocycles. The number of pyridine rings is 1. The highest BCUT2D eigenvalue weighted by atomic mass is 19.1. The SMILES string of the molecule is CC(C)n1nc(N2CC[C@H](O)C2)c2cnc(Nc3ccnc(N4CC[C@@H](O)[C@@H](F)C4)n3)cc21. The average molecular weight is 457 g/mol. The lowest BCUT2D eigenvalue weighted by Gasteiger charge is -2.32. The summed E-state index contributed by atoms with van der Waals surface area (Å²) in [6.45, 7) is 6.05. The molecule has 2 aliphatic rings. The van der Waals surface area contributed by atoms with E-state index in [1.807, 2.05) is 10.7 Å². The summed E-state index contributed by atoms with van der Waals surface area (Å²) in [4.78, 5) is 17.2. The first-order valence-corrected chi connectivity index (χ1v) is 11.4.